The van der Waals surface area contributed by atoms with Crippen molar-refractivity contribution >= 4 is 21.8 Å². The summed E-state index contributed by atoms with van der Waals surface area (Å²) in [5.74, 6) is -0.389. The lowest BCUT2D eigenvalue weighted by Crippen LogP contribution is -2.42. The van der Waals surface area contributed by atoms with Crippen molar-refractivity contribution in [2.45, 2.75) is 6.61 Å². The minimum atomic E-state index is -0.582. The van der Waals surface area contributed by atoms with Crippen LogP contribution >= 0.6 is 0 Å². The second kappa shape index (κ2) is 7.57. The molecule has 31 heavy (non-hydrogen) atoms. The number of hydrogen-bond acceptors (Lipinski definition) is 3. The zero-order valence-corrected chi connectivity index (χ0v) is 16.4. The van der Waals surface area contributed by atoms with Gasteiger partial charge in [-0.05, 0) is 40.6 Å². The van der Waals surface area contributed by atoms with Crippen LogP contribution in [0.2, 0.25) is 0 Å². The molecule has 0 saturated carbocycles. The number of halogens is 1. The first kappa shape index (κ1) is 18.8. The number of rotatable bonds is 4. The van der Waals surface area contributed by atoms with Crippen LogP contribution in [-0.2, 0) is 6.61 Å². The van der Waals surface area contributed by atoms with Crippen LogP contribution < -0.4 is 15.1 Å². The van der Waals surface area contributed by atoms with E-state index in [2.05, 4.69) is 0 Å². The van der Waals surface area contributed by atoms with E-state index in [1.165, 1.54) is 12.1 Å². The Morgan fingerprint density at radius 2 is 1.65 bits per heavy atom. The predicted octanol–water partition coefficient (Wildman–Crippen LogP) is 4.22. The van der Waals surface area contributed by atoms with Crippen LogP contribution in [0.3, 0.4) is 0 Å². The summed E-state index contributed by atoms with van der Waals surface area (Å²) in [5, 5.41) is 15.0. The molecule has 0 bridgehead atoms. The highest BCUT2D eigenvalue weighted by Gasteiger charge is 2.24. The SMILES string of the molecule is O=c1c(-c2cccc3ccccc23)[n+]([O-])c2ccccc2n1OCc1cccc(F)c1. The van der Waals surface area contributed by atoms with Crippen molar-refractivity contribution in [2.24, 2.45) is 0 Å². The average molecular weight is 412 g/mol. The quantitative estimate of drug-likeness (QED) is 0.328. The molecule has 0 radical (unpaired) electrons. The molecule has 0 aliphatic rings. The van der Waals surface area contributed by atoms with Gasteiger partial charge in [-0.1, -0.05) is 60.7 Å². The number of fused-ring (bicyclic) bond motifs is 2. The van der Waals surface area contributed by atoms with Crippen LogP contribution in [0.15, 0.2) is 95.8 Å². The van der Waals surface area contributed by atoms with Gasteiger partial charge in [0.15, 0.2) is 5.52 Å². The summed E-state index contributed by atoms with van der Waals surface area (Å²) in [6.07, 6.45) is 0. The minimum absolute atomic E-state index is 0.0283. The van der Waals surface area contributed by atoms with Crippen LogP contribution in [0.4, 0.5) is 4.39 Å². The van der Waals surface area contributed by atoms with Gasteiger partial charge in [0, 0.05) is 6.07 Å². The topological polar surface area (TPSA) is 58.2 Å². The molecule has 0 aliphatic heterocycles. The van der Waals surface area contributed by atoms with E-state index in [4.69, 9.17) is 4.84 Å². The van der Waals surface area contributed by atoms with E-state index in [0.29, 0.717) is 26.9 Å². The van der Waals surface area contributed by atoms with Crippen molar-refractivity contribution in [3.8, 4) is 11.3 Å². The minimum Gasteiger partial charge on any atom is -0.618 e. The third-order valence-corrected chi connectivity index (χ3v) is 5.20. The van der Waals surface area contributed by atoms with Crippen molar-refractivity contribution in [1.82, 2.24) is 4.73 Å². The van der Waals surface area contributed by atoms with Gasteiger partial charge in [0.25, 0.3) is 5.69 Å². The number of hydrogen-bond donors (Lipinski definition) is 0. The van der Waals surface area contributed by atoms with Crippen LogP contribution in [0, 0.1) is 11.0 Å². The fourth-order valence-corrected chi connectivity index (χ4v) is 3.77. The van der Waals surface area contributed by atoms with Crippen LogP contribution in [0.25, 0.3) is 33.1 Å². The molecule has 152 valence electrons. The Balaban J connectivity index is 1.74. The van der Waals surface area contributed by atoms with Gasteiger partial charge in [-0.2, -0.15) is 4.73 Å². The smallest absolute Gasteiger partial charge is 0.357 e. The first-order chi connectivity index (χ1) is 15.1. The molecule has 0 amide bonds. The standard InChI is InChI=1S/C25H17FN2O3/c26-19-10-5-7-17(15-19)16-31-28-23-14-4-3-13-22(23)27(30)24(25(28)29)21-12-6-9-18-8-1-2-11-20(18)21/h1-15H,16H2. The van der Waals surface area contributed by atoms with Crippen molar-refractivity contribution in [2.75, 3.05) is 0 Å². The Kier molecular flexibility index (Phi) is 4.59. The van der Waals surface area contributed by atoms with E-state index in [1.807, 2.05) is 36.4 Å². The van der Waals surface area contributed by atoms with Gasteiger partial charge >= 0.3 is 5.56 Å². The monoisotopic (exact) mass is 412 g/mol. The Labute approximate surface area is 176 Å². The maximum absolute atomic E-state index is 13.5. The zero-order valence-electron chi connectivity index (χ0n) is 16.4. The summed E-state index contributed by atoms with van der Waals surface area (Å²) in [5.41, 5.74) is 1.11. The third kappa shape index (κ3) is 3.28. The average Bonchev–Trinajstić information content (AvgIpc) is 2.79. The molecule has 4 aromatic carbocycles. The van der Waals surface area contributed by atoms with E-state index in [9.17, 15) is 14.4 Å². The fraction of sp³-hybridized carbons (Fsp3) is 0.0400. The first-order valence-electron chi connectivity index (χ1n) is 9.76. The van der Waals surface area contributed by atoms with Crippen molar-refractivity contribution < 1.29 is 14.0 Å². The maximum Gasteiger partial charge on any atom is 0.357 e. The molecule has 5 aromatic rings. The largest absolute Gasteiger partial charge is 0.618 e. The molecule has 6 heteroatoms. The summed E-state index contributed by atoms with van der Waals surface area (Å²) in [4.78, 5) is 19.3. The van der Waals surface area contributed by atoms with Crippen LogP contribution in [0.5, 0.6) is 0 Å². The summed E-state index contributed by atoms with van der Waals surface area (Å²) in [6.45, 7) is -0.0283. The highest BCUT2D eigenvalue weighted by Crippen LogP contribution is 2.25. The second-order valence-electron chi connectivity index (χ2n) is 7.16. The summed E-state index contributed by atoms with van der Waals surface area (Å²) >= 11 is 0. The summed E-state index contributed by atoms with van der Waals surface area (Å²) in [7, 11) is 0. The normalized spacial score (nSPS) is 11.1. The second-order valence-corrected chi connectivity index (χ2v) is 7.16. The van der Waals surface area contributed by atoms with E-state index >= 15 is 0 Å². The lowest BCUT2D eigenvalue weighted by atomic mass is 10.0. The van der Waals surface area contributed by atoms with Gasteiger partial charge in [-0.25, -0.2) is 4.39 Å². The molecule has 0 saturated heterocycles. The van der Waals surface area contributed by atoms with E-state index in [1.54, 1.807) is 42.5 Å². The van der Waals surface area contributed by atoms with Crippen LogP contribution in [0.1, 0.15) is 5.56 Å². The van der Waals surface area contributed by atoms with Gasteiger partial charge in [0.05, 0.1) is 5.56 Å². The van der Waals surface area contributed by atoms with Gasteiger partial charge < -0.3 is 10.0 Å². The molecular weight excluding hydrogens is 395 g/mol. The maximum atomic E-state index is 13.5. The Bertz CT molecular complexity index is 1490. The molecule has 5 rings (SSSR count). The van der Waals surface area contributed by atoms with Gasteiger partial charge in [0.1, 0.15) is 12.4 Å². The summed E-state index contributed by atoms with van der Waals surface area (Å²) < 4.78 is 15.3. The van der Waals surface area contributed by atoms with Gasteiger partial charge in [-0.15, -0.1) is 4.73 Å². The lowest BCUT2D eigenvalue weighted by Gasteiger charge is -2.15. The number of para-hydroxylation sites is 2. The highest BCUT2D eigenvalue weighted by atomic mass is 19.1. The van der Waals surface area contributed by atoms with Crippen molar-refractivity contribution in [1.29, 1.82) is 0 Å². The third-order valence-electron chi connectivity index (χ3n) is 5.20. The van der Waals surface area contributed by atoms with Crippen LogP contribution in [-0.4, -0.2) is 4.73 Å². The van der Waals surface area contributed by atoms with Crippen molar-refractivity contribution in [3.63, 3.8) is 0 Å². The molecule has 5 nitrogen and oxygen atoms in total. The Morgan fingerprint density at radius 1 is 0.903 bits per heavy atom. The molecule has 1 heterocycles. The molecule has 0 atom stereocenters. The summed E-state index contributed by atoms with van der Waals surface area (Å²) in [6, 6.07) is 25.7. The van der Waals surface area contributed by atoms with E-state index in [0.717, 1.165) is 15.5 Å². The predicted molar refractivity (Wildman–Crippen MR) is 117 cm³/mol. The Hall–Kier alpha value is -4.19. The highest BCUT2D eigenvalue weighted by molar-refractivity contribution is 5.95. The molecule has 0 N–H and O–H groups in total. The number of aromatic nitrogens is 2. The first-order valence-corrected chi connectivity index (χ1v) is 9.76. The molecule has 0 aliphatic carbocycles. The van der Waals surface area contributed by atoms with Crippen molar-refractivity contribution in [3.05, 3.63) is 118 Å². The van der Waals surface area contributed by atoms with Gasteiger partial charge in [0.2, 0.25) is 5.52 Å². The molecule has 0 unspecified atom stereocenters. The van der Waals surface area contributed by atoms with E-state index in [-0.39, 0.29) is 18.1 Å². The molecule has 1 aromatic heterocycles. The fourth-order valence-electron chi connectivity index (χ4n) is 3.77. The number of nitrogens with zero attached hydrogens (tertiary/aromatic N) is 2. The Morgan fingerprint density at radius 3 is 2.52 bits per heavy atom. The zero-order chi connectivity index (χ0) is 21.4. The molecular formula is C25H17FN2O3. The van der Waals surface area contributed by atoms with E-state index < -0.39 is 5.56 Å². The molecule has 0 spiro atoms. The molecule has 0 fully saturated rings. The lowest BCUT2D eigenvalue weighted by molar-refractivity contribution is -0.566. The van der Waals surface area contributed by atoms with Gasteiger partial charge in [-0.3, -0.25) is 4.79 Å². The number of benzene rings is 4.